The number of aromatic nitrogens is 2. The Morgan fingerprint density at radius 1 is 1.23 bits per heavy atom. The number of nitrogens with two attached hydrogens (primary N) is 1. The molecule has 136 valence electrons. The fourth-order valence-corrected chi connectivity index (χ4v) is 3.13. The summed E-state index contributed by atoms with van der Waals surface area (Å²) in [5, 5.41) is 15.1. The summed E-state index contributed by atoms with van der Waals surface area (Å²) in [5.41, 5.74) is 0.441. The van der Waals surface area contributed by atoms with Crippen molar-refractivity contribution in [3.8, 4) is 11.7 Å². The topological polar surface area (TPSA) is 141 Å². The van der Waals surface area contributed by atoms with Gasteiger partial charge in [0.05, 0.1) is 16.4 Å². The van der Waals surface area contributed by atoms with Crippen molar-refractivity contribution in [2.75, 3.05) is 5.32 Å². The van der Waals surface area contributed by atoms with E-state index in [2.05, 4.69) is 15.5 Å². The van der Waals surface area contributed by atoms with Crippen molar-refractivity contribution in [1.82, 2.24) is 10.2 Å². The molecule has 0 fully saturated rings. The van der Waals surface area contributed by atoms with Crippen molar-refractivity contribution < 1.29 is 22.0 Å². The quantitative estimate of drug-likeness (QED) is 0.605. The first kappa shape index (κ1) is 18.2. The van der Waals surface area contributed by atoms with Crippen LogP contribution in [-0.4, -0.2) is 29.8 Å². The van der Waals surface area contributed by atoms with Crippen molar-refractivity contribution in [2.24, 2.45) is 5.14 Å². The number of benzene rings is 1. The van der Waals surface area contributed by atoms with Crippen molar-refractivity contribution in [2.45, 2.75) is 22.3 Å². The Balaban J connectivity index is 1.61. The second kappa shape index (κ2) is 7.32. The SMILES string of the molecule is C[C@@H](Sc1nnc(-c2ccco2)o1)C(=O)Nc1ccc(S(N)(=O)=O)cc1. The summed E-state index contributed by atoms with van der Waals surface area (Å²) < 4.78 is 33.0. The van der Waals surface area contributed by atoms with Gasteiger partial charge in [-0.25, -0.2) is 13.6 Å². The van der Waals surface area contributed by atoms with Gasteiger partial charge in [-0.15, -0.1) is 10.2 Å². The van der Waals surface area contributed by atoms with Gasteiger partial charge in [-0.2, -0.15) is 0 Å². The van der Waals surface area contributed by atoms with E-state index in [0.29, 0.717) is 11.4 Å². The minimum absolute atomic E-state index is 0.0331. The summed E-state index contributed by atoms with van der Waals surface area (Å²) in [7, 11) is -3.77. The smallest absolute Gasteiger partial charge is 0.284 e. The first-order valence-corrected chi connectivity index (χ1v) is 9.73. The Hall–Kier alpha value is -2.63. The highest BCUT2D eigenvalue weighted by Crippen LogP contribution is 2.27. The molecule has 2 aromatic heterocycles. The molecule has 3 aromatic rings. The number of amides is 1. The standard InChI is InChI=1S/C15H14N4O5S2/c1-9(25-15-19-18-14(24-15)12-3-2-8-23-12)13(20)17-10-4-6-11(7-5-10)26(16,21)22/h2-9H,1H3,(H,17,20)(H2,16,21,22)/t9-/m1/s1. The van der Waals surface area contributed by atoms with E-state index in [-0.39, 0.29) is 21.9 Å². The normalized spacial score (nSPS) is 12.7. The van der Waals surface area contributed by atoms with E-state index >= 15 is 0 Å². The number of nitrogens with one attached hydrogen (secondary N) is 1. The van der Waals surface area contributed by atoms with E-state index in [4.69, 9.17) is 14.0 Å². The average Bonchev–Trinajstić information content (AvgIpc) is 3.25. The van der Waals surface area contributed by atoms with Crippen LogP contribution in [0, 0.1) is 0 Å². The van der Waals surface area contributed by atoms with Gasteiger partial charge in [0.15, 0.2) is 5.76 Å². The number of anilines is 1. The number of carbonyl (C=O) groups excluding carboxylic acids is 1. The fraction of sp³-hybridized carbons (Fsp3) is 0.133. The highest BCUT2D eigenvalue weighted by molar-refractivity contribution is 8.00. The zero-order valence-electron chi connectivity index (χ0n) is 13.4. The first-order chi connectivity index (χ1) is 12.3. The highest BCUT2D eigenvalue weighted by atomic mass is 32.2. The maximum atomic E-state index is 12.3. The molecular formula is C15H14N4O5S2. The van der Waals surface area contributed by atoms with Crippen LogP contribution in [0.25, 0.3) is 11.7 Å². The van der Waals surface area contributed by atoms with Crippen LogP contribution in [-0.2, 0) is 14.8 Å². The van der Waals surface area contributed by atoms with Crippen LogP contribution in [0.2, 0.25) is 0 Å². The lowest BCUT2D eigenvalue weighted by Gasteiger charge is -2.10. The summed E-state index contributed by atoms with van der Waals surface area (Å²) in [6.45, 7) is 1.68. The number of thioether (sulfide) groups is 1. The average molecular weight is 394 g/mol. The predicted molar refractivity (Wildman–Crippen MR) is 93.8 cm³/mol. The Morgan fingerprint density at radius 2 is 1.96 bits per heavy atom. The van der Waals surface area contributed by atoms with Gasteiger partial charge in [0.25, 0.3) is 11.1 Å². The van der Waals surface area contributed by atoms with Crippen LogP contribution in [0.4, 0.5) is 5.69 Å². The first-order valence-electron chi connectivity index (χ1n) is 7.31. The molecule has 0 aliphatic heterocycles. The van der Waals surface area contributed by atoms with Gasteiger partial charge >= 0.3 is 0 Å². The van der Waals surface area contributed by atoms with Crippen LogP contribution >= 0.6 is 11.8 Å². The Bertz CT molecular complexity index is 997. The molecule has 0 unspecified atom stereocenters. The monoisotopic (exact) mass is 394 g/mol. The molecule has 26 heavy (non-hydrogen) atoms. The number of rotatable bonds is 6. The Kier molecular flexibility index (Phi) is 5.11. The van der Waals surface area contributed by atoms with Crippen LogP contribution in [0.15, 0.2) is 61.6 Å². The maximum absolute atomic E-state index is 12.3. The van der Waals surface area contributed by atoms with Gasteiger partial charge in [-0.3, -0.25) is 4.79 Å². The van der Waals surface area contributed by atoms with Crippen LogP contribution < -0.4 is 10.5 Å². The summed E-state index contributed by atoms with van der Waals surface area (Å²) >= 11 is 1.09. The molecule has 1 atom stereocenters. The summed E-state index contributed by atoms with van der Waals surface area (Å²) in [5.74, 6) is 0.358. The van der Waals surface area contributed by atoms with E-state index < -0.39 is 15.3 Å². The zero-order chi connectivity index (χ0) is 18.7. The third kappa shape index (κ3) is 4.31. The molecule has 0 radical (unpaired) electrons. The van der Waals surface area contributed by atoms with Crippen molar-refractivity contribution >= 4 is 33.4 Å². The molecule has 0 bridgehead atoms. The minimum Gasteiger partial charge on any atom is -0.459 e. The molecule has 3 rings (SSSR count). The number of hydrogen-bond acceptors (Lipinski definition) is 8. The number of carbonyl (C=O) groups is 1. The van der Waals surface area contributed by atoms with Crippen molar-refractivity contribution in [3.63, 3.8) is 0 Å². The highest BCUT2D eigenvalue weighted by Gasteiger charge is 2.19. The molecule has 0 saturated heterocycles. The third-order valence-electron chi connectivity index (χ3n) is 3.24. The van der Waals surface area contributed by atoms with Gasteiger partial charge in [0, 0.05) is 5.69 Å². The molecule has 2 heterocycles. The lowest BCUT2D eigenvalue weighted by atomic mass is 10.3. The summed E-state index contributed by atoms with van der Waals surface area (Å²) in [6.07, 6.45) is 1.49. The third-order valence-corrected chi connectivity index (χ3v) is 5.10. The van der Waals surface area contributed by atoms with E-state index in [1.54, 1.807) is 19.1 Å². The maximum Gasteiger partial charge on any atom is 0.284 e. The van der Waals surface area contributed by atoms with Crippen molar-refractivity contribution in [3.05, 3.63) is 42.7 Å². The molecule has 0 aliphatic carbocycles. The van der Waals surface area contributed by atoms with E-state index in [9.17, 15) is 13.2 Å². The van der Waals surface area contributed by atoms with E-state index in [1.165, 1.54) is 30.5 Å². The number of sulfonamides is 1. The molecule has 1 aromatic carbocycles. The number of nitrogens with zero attached hydrogens (tertiary/aromatic N) is 2. The van der Waals surface area contributed by atoms with Crippen LogP contribution in [0.3, 0.4) is 0 Å². The molecule has 11 heteroatoms. The van der Waals surface area contributed by atoms with Crippen LogP contribution in [0.1, 0.15) is 6.92 Å². The second-order valence-corrected chi connectivity index (χ2v) is 8.02. The molecule has 9 nitrogen and oxygen atoms in total. The molecule has 0 aliphatic rings. The van der Waals surface area contributed by atoms with Crippen LogP contribution in [0.5, 0.6) is 0 Å². The van der Waals surface area contributed by atoms with Gasteiger partial charge < -0.3 is 14.2 Å². The molecule has 0 saturated carbocycles. The van der Waals surface area contributed by atoms with Gasteiger partial charge in [-0.05, 0) is 43.3 Å². The number of furan rings is 1. The Morgan fingerprint density at radius 3 is 2.58 bits per heavy atom. The molecule has 0 spiro atoms. The Labute approximate surface area is 153 Å². The summed E-state index contributed by atoms with van der Waals surface area (Å²) in [4.78, 5) is 12.2. The largest absolute Gasteiger partial charge is 0.459 e. The molecular weight excluding hydrogens is 380 g/mol. The predicted octanol–water partition coefficient (Wildman–Crippen LogP) is 2.10. The van der Waals surface area contributed by atoms with Crippen molar-refractivity contribution in [1.29, 1.82) is 0 Å². The second-order valence-electron chi connectivity index (χ2n) is 5.17. The van der Waals surface area contributed by atoms with Gasteiger partial charge in [0.2, 0.25) is 15.9 Å². The van der Waals surface area contributed by atoms with E-state index in [1.807, 2.05) is 0 Å². The zero-order valence-corrected chi connectivity index (χ0v) is 15.1. The fourth-order valence-electron chi connectivity index (χ4n) is 1.93. The summed E-state index contributed by atoms with van der Waals surface area (Å²) in [6, 6.07) is 8.92. The minimum atomic E-state index is -3.77. The lowest BCUT2D eigenvalue weighted by Crippen LogP contribution is -2.22. The lowest BCUT2D eigenvalue weighted by molar-refractivity contribution is -0.115. The van der Waals surface area contributed by atoms with E-state index in [0.717, 1.165) is 11.8 Å². The number of primary sulfonamides is 1. The molecule has 3 N–H and O–H groups in total. The molecule has 1 amide bonds. The number of hydrogen-bond donors (Lipinski definition) is 2. The van der Waals surface area contributed by atoms with Gasteiger partial charge in [-0.1, -0.05) is 11.8 Å². The van der Waals surface area contributed by atoms with Gasteiger partial charge in [0.1, 0.15) is 0 Å².